The summed E-state index contributed by atoms with van der Waals surface area (Å²) in [7, 11) is 0. The molecule has 2 aliphatic heterocycles. The van der Waals surface area contributed by atoms with E-state index in [9.17, 15) is 14.4 Å². The Morgan fingerprint density at radius 2 is 1.70 bits per heavy atom. The molecule has 2 heterocycles. The predicted molar refractivity (Wildman–Crippen MR) is 140 cm³/mol. The normalized spacial score (nSPS) is 17.2. The van der Waals surface area contributed by atoms with Crippen molar-refractivity contribution in [2.24, 2.45) is 0 Å². The summed E-state index contributed by atoms with van der Waals surface area (Å²) in [4.78, 5) is 39.7. The monoisotopic (exact) mass is 498 g/mol. The summed E-state index contributed by atoms with van der Waals surface area (Å²) in [5.41, 5.74) is 3.01. The van der Waals surface area contributed by atoms with Crippen LogP contribution >= 0.6 is 0 Å². The molecule has 0 aliphatic carbocycles. The van der Waals surface area contributed by atoms with Gasteiger partial charge in [-0.3, -0.25) is 19.3 Å². The van der Waals surface area contributed by atoms with Gasteiger partial charge in [-0.15, -0.1) is 0 Å². The third-order valence-electron chi connectivity index (χ3n) is 6.69. The van der Waals surface area contributed by atoms with Gasteiger partial charge >= 0.3 is 0 Å². The van der Waals surface area contributed by atoms with Crippen LogP contribution in [0.4, 0.5) is 5.69 Å². The molecule has 1 fully saturated rings. The van der Waals surface area contributed by atoms with E-state index >= 15 is 0 Å². The van der Waals surface area contributed by atoms with Crippen LogP contribution in [0.25, 0.3) is 0 Å². The van der Waals surface area contributed by atoms with Crippen molar-refractivity contribution in [3.63, 3.8) is 0 Å². The highest BCUT2D eigenvalue weighted by molar-refractivity contribution is 6.21. The van der Waals surface area contributed by atoms with Gasteiger partial charge < -0.3 is 14.8 Å². The first-order valence-corrected chi connectivity index (χ1v) is 12.5. The summed E-state index contributed by atoms with van der Waals surface area (Å²) in [6.07, 6.45) is 1.68. The summed E-state index contributed by atoms with van der Waals surface area (Å²) < 4.78 is 11.6. The minimum Gasteiger partial charge on any atom is -0.457 e. The van der Waals surface area contributed by atoms with Gasteiger partial charge in [0.05, 0.1) is 23.8 Å². The number of imide groups is 1. The summed E-state index contributed by atoms with van der Waals surface area (Å²) in [6.45, 7) is 7.31. The van der Waals surface area contributed by atoms with Gasteiger partial charge in [0.2, 0.25) is 0 Å². The second-order valence-electron chi connectivity index (χ2n) is 10.5. The van der Waals surface area contributed by atoms with Crippen LogP contribution in [0.2, 0.25) is 0 Å². The third-order valence-corrected chi connectivity index (χ3v) is 6.69. The first-order chi connectivity index (χ1) is 17.7. The van der Waals surface area contributed by atoms with Crippen molar-refractivity contribution in [3.05, 3.63) is 89.0 Å². The Bertz CT molecular complexity index is 1350. The van der Waals surface area contributed by atoms with Crippen molar-refractivity contribution in [2.45, 2.75) is 45.1 Å². The number of amides is 3. The van der Waals surface area contributed by atoms with Gasteiger partial charge in [0.15, 0.2) is 0 Å². The molecular weight excluding hydrogens is 468 g/mol. The number of ether oxygens (including phenoxy) is 2. The van der Waals surface area contributed by atoms with E-state index in [-0.39, 0.29) is 35.8 Å². The maximum absolute atomic E-state index is 12.9. The van der Waals surface area contributed by atoms with Gasteiger partial charge in [-0.1, -0.05) is 39.0 Å². The molecule has 1 unspecified atom stereocenters. The van der Waals surface area contributed by atoms with Crippen molar-refractivity contribution in [2.75, 3.05) is 18.5 Å². The molecule has 0 radical (unpaired) electrons. The fourth-order valence-electron chi connectivity index (χ4n) is 4.59. The molecule has 5 rings (SSSR count). The van der Waals surface area contributed by atoms with Gasteiger partial charge in [-0.25, -0.2) is 0 Å². The molecule has 190 valence electrons. The van der Waals surface area contributed by atoms with Crippen LogP contribution in [0.3, 0.4) is 0 Å². The molecule has 1 N–H and O–H groups in total. The average molecular weight is 499 g/mol. The van der Waals surface area contributed by atoms with E-state index < -0.39 is 0 Å². The number of anilines is 1. The Balaban J connectivity index is 1.27. The minimum atomic E-state index is -0.334. The summed E-state index contributed by atoms with van der Waals surface area (Å²) in [5, 5.41) is 2.90. The molecule has 0 spiro atoms. The van der Waals surface area contributed by atoms with Crippen LogP contribution in [0.15, 0.2) is 66.7 Å². The fraction of sp³-hybridized carbons (Fsp3) is 0.300. The van der Waals surface area contributed by atoms with Crippen molar-refractivity contribution < 1.29 is 23.9 Å². The molecule has 0 saturated carbocycles. The second kappa shape index (κ2) is 9.82. The minimum absolute atomic E-state index is 0.0127. The number of benzene rings is 3. The molecule has 7 heteroatoms. The van der Waals surface area contributed by atoms with Gasteiger partial charge in [0, 0.05) is 23.9 Å². The number of hydrogen-bond donors (Lipinski definition) is 1. The lowest BCUT2D eigenvalue weighted by atomic mass is 9.87. The van der Waals surface area contributed by atoms with Crippen molar-refractivity contribution in [1.82, 2.24) is 4.90 Å². The molecule has 3 amide bonds. The fourth-order valence-corrected chi connectivity index (χ4v) is 4.59. The molecule has 3 aromatic rings. The molecule has 1 saturated heterocycles. The maximum Gasteiger partial charge on any atom is 0.261 e. The SMILES string of the molecule is CC(C)(C)c1ccc(C(=O)Nc2cccc(Oc3ccc4c(c3)C(=O)N(CC3CCCO3)C4=O)c2)cc1. The molecular formula is C30H30N2O5. The zero-order valence-corrected chi connectivity index (χ0v) is 21.2. The average Bonchev–Trinajstić information content (AvgIpc) is 3.47. The van der Waals surface area contributed by atoms with Crippen LogP contribution in [0.5, 0.6) is 11.5 Å². The van der Waals surface area contributed by atoms with E-state index in [0.29, 0.717) is 40.5 Å². The summed E-state index contributed by atoms with van der Waals surface area (Å²) >= 11 is 0. The molecule has 2 aliphatic rings. The first-order valence-electron chi connectivity index (χ1n) is 12.5. The highest BCUT2D eigenvalue weighted by atomic mass is 16.5. The van der Waals surface area contributed by atoms with Crippen LogP contribution in [-0.4, -0.2) is 41.9 Å². The molecule has 37 heavy (non-hydrogen) atoms. The lowest BCUT2D eigenvalue weighted by Crippen LogP contribution is -2.36. The highest BCUT2D eigenvalue weighted by Crippen LogP contribution is 2.31. The standard InChI is InChI=1S/C30H30N2O5/c1-30(2,3)20-11-9-19(10-12-20)27(33)31-21-6-4-7-22(16-21)37-23-13-14-25-26(17-23)29(35)32(28(25)34)18-24-8-5-15-36-24/h4,6-7,9-14,16-17,24H,5,8,15,18H2,1-3H3,(H,31,33). The quantitative estimate of drug-likeness (QED) is 0.434. The van der Waals surface area contributed by atoms with Gasteiger partial charge in [0.1, 0.15) is 11.5 Å². The molecule has 1 atom stereocenters. The Kier molecular flexibility index (Phi) is 6.56. The number of nitrogens with zero attached hydrogens (tertiary/aromatic N) is 1. The van der Waals surface area contributed by atoms with Crippen LogP contribution in [-0.2, 0) is 10.2 Å². The molecule has 7 nitrogen and oxygen atoms in total. The predicted octanol–water partition coefficient (Wildman–Crippen LogP) is 5.80. The Hall–Kier alpha value is -3.97. The highest BCUT2D eigenvalue weighted by Gasteiger charge is 2.37. The van der Waals surface area contributed by atoms with Crippen LogP contribution in [0, 0.1) is 0 Å². The number of fused-ring (bicyclic) bond motifs is 1. The Labute approximate surface area is 216 Å². The van der Waals surface area contributed by atoms with Crippen LogP contribution < -0.4 is 10.1 Å². The van der Waals surface area contributed by atoms with Crippen LogP contribution in [0.1, 0.15) is 70.3 Å². The number of carbonyl (C=O) groups is 3. The number of rotatable bonds is 6. The number of hydrogen-bond acceptors (Lipinski definition) is 5. The molecule has 0 bridgehead atoms. The largest absolute Gasteiger partial charge is 0.457 e. The van der Waals surface area contributed by atoms with E-state index in [2.05, 4.69) is 26.1 Å². The lowest BCUT2D eigenvalue weighted by Gasteiger charge is -2.19. The van der Waals surface area contributed by atoms with Crippen molar-refractivity contribution in [3.8, 4) is 11.5 Å². The van der Waals surface area contributed by atoms with E-state index in [1.807, 2.05) is 24.3 Å². The Morgan fingerprint density at radius 3 is 2.41 bits per heavy atom. The van der Waals surface area contributed by atoms with Gasteiger partial charge in [-0.05, 0) is 66.3 Å². The lowest BCUT2D eigenvalue weighted by molar-refractivity contribution is 0.0475. The van der Waals surface area contributed by atoms with Gasteiger partial charge in [0.25, 0.3) is 17.7 Å². The third kappa shape index (κ3) is 5.27. The summed E-state index contributed by atoms with van der Waals surface area (Å²) in [6, 6.07) is 19.5. The van der Waals surface area contributed by atoms with Crippen molar-refractivity contribution >= 4 is 23.4 Å². The first kappa shape index (κ1) is 24.7. The second-order valence-corrected chi connectivity index (χ2v) is 10.5. The molecule has 0 aromatic heterocycles. The topological polar surface area (TPSA) is 84.9 Å². The maximum atomic E-state index is 12.9. The smallest absolute Gasteiger partial charge is 0.261 e. The zero-order valence-electron chi connectivity index (χ0n) is 21.2. The van der Waals surface area contributed by atoms with E-state index in [0.717, 1.165) is 18.4 Å². The molecule has 3 aromatic carbocycles. The number of carbonyl (C=O) groups excluding carboxylic acids is 3. The van der Waals surface area contributed by atoms with E-state index in [4.69, 9.17) is 9.47 Å². The summed E-state index contributed by atoms with van der Waals surface area (Å²) in [5.74, 6) is 0.0706. The van der Waals surface area contributed by atoms with Gasteiger partial charge in [-0.2, -0.15) is 0 Å². The zero-order chi connectivity index (χ0) is 26.2. The van der Waals surface area contributed by atoms with Crippen molar-refractivity contribution in [1.29, 1.82) is 0 Å². The van der Waals surface area contributed by atoms with E-state index in [1.165, 1.54) is 4.90 Å². The number of nitrogens with one attached hydrogen (secondary N) is 1. The van der Waals surface area contributed by atoms with E-state index in [1.54, 1.807) is 42.5 Å². The Morgan fingerprint density at radius 1 is 0.973 bits per heavy atom.